The Balaban J connectivity index is -0.0000000225. The topological polar surface area (TPSA) is 253 Å². The van der Waals surface area contributed by atoms with Crippen LogP contribution in [0, 0.1) is 0 Å². The molecule has 0 radical (unpaired) electrons. The molecule has 0 rings (SSSR count). The SMILES string of the molecule is O=P([O-])([O-])F.O=P([O-])([O-])F.O=P([O-])([O-])F.O=P([O-])([O-])F.[Ba+2].[Ba+2].[Ba+2].[Ba+2]. The fraction of sp³-hybridized carbons (Fsp3) is 0. The fourth-order valence-electron chi connectivity index (χ4n) is 0. The second-order valence-electron chi connectivity index (χ2n) is 1.72. The van der Waals surface area contributed by atoms with Crippen LogP contribution in [0.5, 0.6) is 0 Å². The van der Waals surface area contributed by atoms with Crippen LogP contribution in [0.25, 0.3) is 0 Å². The van der Waals surface area contributed by atoms with Gasteiger partial charge in [-0.2, -0.15) is 0 Å². The van der Waals surface area contributed by atoms with Crippen LogP contribution in [0.3, 0.4) is 0 Å². The van der Waals surface area contributed by atoms with Crippen molar-refractivity contribution in [3.05, 3.63) is 0 Å². The molecule has 0 aromatic heterocycles. The van der Waals surface area contributed by atoms with E-state index in [-0.39, 0.29) is 196 Å². The zero-order chi connectivity index (χ0) is 18.0. The first-order valence-electron chi connectivity index (χ1n) is 2.87. The van der Waals surface area contributed by atoms with Gasteiger partial charge in [0.05, 0.1) is 0 Å². The minimum atomic E-state index is -5.64. The maximum atomic E-state index is 10.1. The largest absolute Gasteiger partial charge is 2.00 e. The molecule has 0 saturated heterocycles. The molecule has 0 fully saturated rings. The van der Waals surface area contributed by atoms with Crippen molar-refractivity contribution < 1.29 is 74.2 Å². The molecule has 0 atom stereocenters. The van der Waals surface area contributed by atoms with E-state index in [0.717, 1.165) is 0 Å². The molecule has 0 N–H and O–H groups in total. The van der Waals surface area contributed by atoms with Gasteiger partial charge < -0.3 is 57.4 Å². The summed E-state index contributed by atoms with van der Waals surface area (Å²) in [5, 5.41) is 0. The molecule has 0 aliphatic carbocycles. The quantitative estimate of drug-likeness (QED) is 0.125. The molecule has 128 valence electrons. The first-order valence-corrected chi connectivity index (χ1v) is 8.60. The van der Waals surface area contributed by atoms with Gasteiger partial charge in [-0.1, -0.05) is 0 Å². The molecular weight excluding hydrogens is 941 g/mol. The average molecular weight is 941 g/mol. The van der Waals surface area contributed by atoms with Crippen LogP contribution in [0.2, 0.25) is 0 Å². The van der Waals surface area contributed by atoms with Crippen LogP contribution in [-0.4, -0.2) is 196 Å². The van der Waals surface area contributed by atoms with E-state index >= 15 is 0 Å². The van der Waals surface area contributed by atoms with Crippen LogP contribution >= 0.6 is 31.6 Å². The first kappa shape index (κ1) is 52.5. The maximum Gasteiger partial charge on any atom is 2.00 e. The van der Waals surface area contributed by atoms with Gasteiger partial charge in [-0.15, -0.1) is 0 Å². The van der Waals surface area contributed by atoms with Crippen molar-refractivity contribution >= 4 is 227 Å². The van der Waals surface area contributed by atoms with E-state index in [0.29, 0.717) is 0 Å². The van der Waals surface area contributed by atoms with Crippen molar-refractivity contribution in [2.24, 2.45) is 0 Å². The molecule has 24 heteroatoms. The summed E-state index contributed by atoms with van der Waals surface area (Å²) in [5.74, 6) is 0. The van der Waals surface area contributed by atoms with Gasteiger partial charge in [-0.05, 0) is 0 Å². The van der Waals surface area contributed by atoms with Gasteiger partial charge in [-0.25, -0.2) is 16.8 Å². The maximum absolute atomic E-state index is 10.1. The van der Waals surface area contributed by atoms with Crippen LogP contribution < -0.4 is 39.1 Å². The van der Waals surface area contributed by atoms with E-state index in [9.17, 15) is 16.8 Å². The number of hydrogen-bond donors (Lipinski definition) is 0. The summed E-state index contributed by atoms with van der Waals surface area (Å²) in [6, 6.07) is 0. The normalized spacial score (nSPS) is 9.83. The Hall–Kier alpha value is 6.61. The van der Waals surface area contributed by atoms with Gasteiger partial charge in [0.1, 0.15) is 31.6 Å². The van der Waals surface area contributed by atoms with Crippen molar-refractivity contribution in [3.63, 3.8) is 0 Å². The standard InChI is InChI=1S/4Ba.4FH2O3P/c;;;;4*1-5(2,3)4/h;;;;4*(H2,2,3,4)/q4*+2;;;;/p-8. The van der Waals surface area contributed by atoms with Gasteiger partial charge in [0.25, 0.3) is 0 Å². The van der Waals surface area contributed by atoms with Gasteiger partial charge in [-0.3, -0.25) is 0 Å². The second kappa shape index (κ2) is 25.9. The van der Waals surface area contributed by atoms with Gasteiger partial charge in [0.15, 0.2) is 0 Å². The molecule has 12 nitrogen and oxygen atoms in total. The molecule has 0 amide bonds. The zero-order valence-electron chi connectivity index (χ0n) is 11.0. The Morgan fingerprint density at radius 1 is 0.375 bits per heavy atom. The average Bonchev–Trinajstić information content (AvgIpc) is 1.62. The summed E-state index contributed by atoms with van der Waals surface area (Å²) >= 11 is 0. The van der Waals surface area contributed by atoms with Crippen molar-refractivity contribution in [2.75, 3.05) is 0 Å². The van der Waals surface area contributed by atoms with Gasteiger partial charge >= 0.3 is 196 Å². The van der Waals surface area contributed by atoms with E-state index in [1.165, 1.54) is 0 Å². The van der Waals surface area contributed by atoms with Gasteiger partial charge in [0, 0.05) is 0 Å². The molecular formula is Ba4F4O12P4. The third-order valence-electron chi connectivity index (χ3n) is 0. The Bertz CT molecular complexity index is 308. The summed E-state index contributed by atoms with van der Waals surface area (Å²) in [6.45, 7) is 0. The minimum Gasteiger partial charge on any atom is -0.786 e. The Kier molecular flexibility index (Phi) is 56.6. The predicted molar refractivity (Wildman–Crippen MR) is 57.9 cm³/mol. The minimum absolute atomic E-state index is 0. The van der Waals surface area contributed by atoms with Crippen LogP contribution in [-0.2, 0) is 18.3 Å². The molecule has 0 spiro atoms. The third kappa shape index (κ3) is 500. The Labute approximate surface area is 293 Å². The second-order valence-corrected chi connectivity index (χ2v) is 5.17. The number of hydrogen-bond acceptors (Lipinski definition) is 12. The molecule has 0 aliphatic rings. The summed E-state index contributed by atoms with van der Waals surface area (Å²) in [6.07, 6.45) is 0. The van der Waals surface area contributed by atoms with Crippen molar-refractivity contribution in [2.45, 2.75) is 0 Å². The summed E-state index contributed by atoms with van der Waals surface area (Å²) in [5.41, 5.74) is 0. The van der Waals surface area contributed by atoms with Crippen molar-refractivity contribution in [1.29, 1.82) is 0 Å². The number of halogens is 4. The van der Waals surface area contributed by atoms with E-state index in [1.807, 2.05) is 0 Å². The summed E-state index contributed by atoms with van der Waals surface area (Å²) in [4.78, 5) is 67.5. The molecule has 24 heavy (non-hydrogen) atoms. The van der Waals surface area contributed by atoms with E-state index < -0.39 is 31.6 Å². The molecule has 0 unspecified atom stereocenters. The molecule has 0 heterocycles. The Morgan fingerprint density at radius 3 is 0.375 bits per heavy atom. The van der Waals surface area contributed by atoms with E-state index in [4.69, 9.17) is 57.4 Å². The summed E-state index contributed by atoms with van der Waals surface area (Å²) < 4.78 is 74.3. The number of rotatable bonds is 0. The molecule has 0 bridgehead atoms. The first-order chi connectivity index (χ1) is 8.00. The third-order valence-corrected chi connectivity index (χ3v) is 0. The monoisotopic (exact) mass is 943 g/mol. The van der Waals surface area contributed by atoms with E-state index in [2.05, 4.69) is 0 Å². The van der Waals surface area contributed by atoms with Crippen LogP contribution in [0.15, 0.2) is 0 Å². The van der Waals surface area contributed by atoms with E-state index in [1.54, 1.807) is 0 Å². The van der Waals surface area contributed by atoms with Crippen molar-refractivity contribution in [3.8, 4) is 0 Å². The zero-order valence-corrected chi connectivity index (χ0v) is 32.4. The predicted octanol–water partition coefficient (Wildman–Crippen LogP) is -6.38. The van der Waals surface area contributed by atoms with Crippen molar-refractivity contribution in [1.82, 2.24) is 0 Å². The van der Waals surface area contributed by atoms with Gasteiger partial charge in [0.2, 0.25) is 0 Å². The molecule has 0 aromatic rings. The smallest absolute Gasteiger partial charge is 0.786 e. The summed E-state index contributed by atoms with van der Waals surface area (Å²) in [7, 11) is -22.6. The van der Waals surface area contributed by atoms with Crippen LogP contribution in [0.1, 0.15) is 0 Å². The molecule has 0 saturated carbocycles. The molecule has 0 aromatic carbocycles. The molecule has 0 aliphatic heterocycles. The fourth-order valence-corrected chi connectivity index (χ4v) is 0. The van der Waals surface area contributed by atoms with Crippen LogP contribution in [0.4, 0.5) is 16.8 Å². The Morgan fingerprint density at radius 2 is 0.375 bits per heavy atom.